The van der Waals surface area contributed by atoms with E-state index in [-0.39, 0.29) is 41.0 Å². The summed E-state index contributed by atoms with van der Waals surface area (Å²) < 4.78 is 0. The standard InChI is InChI=1S/C4H9O.2H2O.Sn/c1-3-4(2)5;;;/h4H,3H2,1-2H3;2*1H2;/q-1;;;+2/p-1. The summed E-state index contributed by atoms with van der Waals surface area (Å²) in [5.41, 5.74) is 0. The fourth-order valence-corrected chi connectivity index (χ4v) is 0. The van der Waals surface area contributed by atoms with Crippen LogP contribution < -0.4 is 5.11 Å². The smallest absolute Gasteiger partial charge is 0.870 e. The molecule has 8 heavy (non-hydrogen) atoms. The summed E-state index contributed by atoms with van der Waals surface area (Å²) in [6, 6.07) is 0. The summed E-state index contributed by atoms with van der Waals surface area (Å²) in [4.78, 5) is 0. The molecule has 1 atom stereocenters. The molecular weight excluding hydrogens is 215 g/mol. The molecular formula is C4H12O3Sn. The number of rotatable bonds is 1. The van der Waals surface area contributed by atoms with E-state index in [9.17, 15) is 5.11 Å². The summed E-state index contributed by atoms with van der Waals surface area (Å²) >= 11 is 0. The van der Waals surface area contributed by atoms with Crippen molar-refractivity contribution in [3.05, 3.63) is 0 Å². The zero-order chi connectivity index (χ0) is 4.28. The first-order valence-corrected chi connectivity index (χ1v) is 1.93. The second-order valence-corrected chi connectivity index (χ2v) is 1.22. The molecule has 0 aromatic carbocycles. The Bertz CT molecular complexity index is 25.2. The van der Waals surface area contributed by atoms with Gasteiger partial charge in [-0.15, -0.1) is 6.10 Å². The predicted molar refractivity (Wildman–Crippen MR) is 31.1 cm³/mol. The monoisotopic (exact) mass is 228 g/mol. The van der Waals surface area contributed by atoms with Gasteiger partial charge in [0.05, 0.1) is 0 Å². The Labute approximate surface area is 66.7 Å². The molecule has 0 aliphatic rings. The van der Waals surface area contributed by atoms with Crippen molar-refractivity contribution in [1.82, 2.24) is 0 Å². The average molecular weight is 227 g/mol. The number of hydrogen-bond donors (Lipinski definition) is 0. The molecule has 1 unspecified atom stereocenters. The van der Waals surface area contributed by atoms with Gasteiger partial charge in [-0.25, -0.2) is 0 Å². The van der Waals surface area contributed by atoms with Crippen LogP contribution in [0.5, 0.6) is 0 Å². The van der Waals surface area contributed by atoms with E-state index in [1.807, 2.05) is 6.92 Å². The van der Waals surface area contributed by atoms with Crippen molar-refractivity contribution in [1.29, 1.82) is 0 Å². The molecule has 0 aromatic rings. The van der Waals surface area contributed by atoms with E-state index in [2.05, 4.69) is 0 Å². The molecule has 0 amide bonds. The summed E-state index contributed by atoms with van der Waals surface area (Å²) in [6.45, 7) is 3.55. The summed E-state index contributed by atoms with van der Waals surface area (Å²) in [6.07, 6.45) is 0.384. The first-order valence-electron chi connectivity index (χ1n) is 1.93. The van der Waals surface area contributed by atoms with Gasteiger partial charge in [0.1, 0.15) is 0 Å². The van der Waals surface area contributed by atoms with E-state index in [0.29, 0.717) is 0 Å². The van der Waals surface area contributed by atoms with Crippen LogP contribution >= 0.6 is 0 Å². The van der Waals surface area contributed by atoms with E-state index >= 15 is 0 Å². The Morgan fingerprint density at radius 3 is 1.62 bits per heavy atom. The van der Waals surface area contributed by atoms with Gasteiger partial charge in [-0.1, -0.05) is 20.3 Å². The fourth-order valence-electron chi connectivity index (χ4n) is 0. The van der Waals surface area contributed by atoms with Crippen LogP contribution in [-0.2, 0) is 0 Å². The van der Waals surface area contributed by atoms with Gasteiger partial charge >= 0.3 is 23.9 Å². The van der Waals surface area contributed by atoms with Crippen LogP contribution in [0, 0.1) is 0 Å². The average Bonchev–Trinajstić information content (AvgIpc) is 1.38. The van der Waals surface area contributed by atoms with Crippen LogP contribution in [0.1, 0.15) is 20.3 Å². The van der Waals surface area contributed by atoms with Gasteiger partial charge in [0, 0.05) is 0 Å². The van der Waals surface area contributed by atoms with Gasteiger partial charge in [-0.2, -0.15) is 0 Å². The minimum Gasteiger partial charge on any atom is -0.870 e. The van der Waals surface area contributed by atoms with Crippen LogP contribution in [0.4, 0.5) is 0 Å². The molecule has 2 radical (unpaired) electrons. The Morgan fingerprint density at radius 2 is 1.62 bits per heavy atom. The van der Waals surface area contributed by atoms with Gasteiger partial charge < -0.3 is 16.1 Å². The van der Waals surface area contributed by atoms with Gasteiger partial charge in [0.15, 0.2) is 0 Å². The molecule has 3 N–H and O–H groups in total. The van der Waals surface area contributed by atoms with E-state index in [0.717, 1.165) is 6.42 Å². The molecule has 0 aliphatic carbocycles. The first kappa shape index (κ1) is 23.4. The van der Waals surface area contributed by atoms with Crippen molar-refractivity contribution in [3.63, 3.8) is 0 Å². The topological polar surface area (TPSA) is 84.6 Å². The molecule has 0 saturated heterocycles. The van der Waals surface area contributed by atoms with Crippen molar-refractivity contribution in [2.45, 2.75) is 26.4 Å². The third-order valence-corrected chi connectivity index (χ3v) is 0.575. The minimum atomic E-state index is -0.366. The van der Waals surface area contributed by atoms with Crippen molar-refractivity contribution < 1.29 is 16.1 Å². The Kier molecular flexibility index (Phi) is 45.7. The van der Waals surface area contributed by atoms with Crippen LogP contribution in [0.2, 0.25) is 0 Å². The van der Waals surface area contributed by atoms with Gasteiger partial charge in [0.25, 0.3) is 0 Å². The Hall–Kier alpha value is 0.679. The zero-order valence-corrected chi connectivity index (χ0v) is 7.99. The van der Waals surface area contributed by atoms with Crippen LogP contribution in [-0.4, -0.2) is 41.0 Å². The van der Waals surface area contributed by atoms with Crippen molar-refractivity contribution in [2.24, 2.45) is 0 Å². The Balaban J connectivity index is -0.0000000267. The predicted octanol–water partition coefficient (Wildman–Crippen LogP) is -1.24. The Morgan fingerprint density at radius 1 is 1.50 bits per heavy atom. The molecule has 0 rings (SSSR count). The molecule has 50 valence electrons. The molecule has 0 fully saturated rings. The van der Waals surface area contributed by atoms with Crippen molar-refractivity contribution >= 4 is 23.9 Å². The quantitative estimate of drug-likeness (QED) is 0.524. The SMILES string of the molecule is CCC(C)[O-].O.[OH-].[Sn+2]. The third-order valence-electron chi connectivity index (χ3n) is 0.575. The molecule has 0 heterocycles. The summed E-state index contributed by atoms with van der Waals surface area (Å²) in [5.74, 6) is 0. The first-order chi connectivity index (χ1) is 2.27. The van der Waals surface area contributed by atoms with E-state index in [1.165, 1.54) is 0 Å². The van der Waals surface area contributed by atoms with Gasteiger partial charge in [-0.05, 0) is 0 Å². The van der Waals surface area contributed by atoms with E-state index in [1.54, 1.807) is 6.92 Å². The van der Waals surface area contributed by atoms with Gasteiger partial charge in [0.2, 0.25) is 0 Å². The van der Waals surface area contributed by atoms with Gasteiger partial charge in [-0.3, -0.25) is 0 Å². The largest absolute Gasteiger partial charge is 2.00 e. The molecule has 0 aromatic heterocycles. The molecule has 0 bridgehead atoms. The minimum absolute atomic E-state index is 0. The summed E-state index contributed by atoms with van der Waals surface area (Å²) in [5, 5.41) is 9.90. The van der Waals surface area contributed by atoms with Crippen molar-refractivity contribution in [3.8, 4) is 0 Å². The maximum Gasteiger partial charge on any atom is 2.00 e. The van der Waals surface area contributed by atoms with E-state index in [4.69, 9.17) is 0 Å². The maximum atomic E-state index is 9.90. The maximum absolute atomic E-state index is 9.90. The molecule has 0 saturated carbocycles. The molecule has 0 aliphatic heterocycles. The molecule has 3 nitrogen and oxygen atoms in total. The third kappa shape index (κ3) is 30.0. The van der Waals surface area contributed by atoms with Crippen LogP contribution in [0.25, 0.3) is 0 Å². The molecule has 4 heteroatoms. The van der Waals surface area contributed by atoms with Crippen LogP contribution in [0.3, 0.4) is 0 Å². The second kappa shape index (κ2) is 15.6. The molecule has 0 spiro atoms. The van der Waals surface area contributed by atoms with Crippen molar-refractivity contribution in [2.75, 3.05) is 0 Å². The van der Waals surface area contributed by atoms with Crippen LogP contribution in [0.15, 0.2) is 0 Å². The summed E-state index contributed by atoms with van der Waals surface area (Å²) in [7, 11) is 0. The zero-order valence-electron chi connectivity index (χ0n) is 5.14. The van der Waals surface area contributed by atoms with E-state index < -0.39 is 0 Å². The number of hydrogen-bond acceptors (Lipinski definition) is 2. The fraction of sp³-hybridized carbons (Fsp3) is 1.00. The second-order valence-electron chi connectivity index (χ2n) is 1.22. The normalized spacial score (nSPS) is 9.38.